The summed E-state index contributed by atoms with van der Waals surface area (Å²) in [6, 6.07) is 8.37. The number of benzene rings is 1. The lowest BCUT2D eigenvalue weighted by molar-refractivity contribution is 0.151. The summed E-state index contributed by atoms with van der Waals surface area (Å²) in [6.07, 6.45) is 4.85. The van der Waals surface area contributed by atoms with Gasteiger partial charge < -0.3 is 10.5 Å². The Bertz CT molecular complexity index is 421. The maximum atomic E-state index is 6.67. The molecule has 1 atom stereocenters. The quantitative estimate of drug-likeness (QED) is 0.883. The van der Waals surface area contributed by atoms with Crippen molar-refractivity contribution < 1.29 is 4.74 Å². The lowest BCUT2D eigenvalue weighted by atomic mass is 9.66. The molecule has 1 aliphatic carbocycles. The molecule has 0 aliphatic heterocycles. The number of ether oxygens (including phenoxy) is 1. The highest BCUT2D eigenvalue weighted by Gasteiger charge is 2.38. The first-order chi connectivity index (χ1) is 8.81. The molecule has 0 radical (unpaired) electrons. The van der Waals surface area contributed by atoms with E-state index in [0.29, 0.717) is 5.41 Å². The zero-order valence-corrected chi connectivity index (χ0v) is 12.7. The summed E-state index contributed by atoms with van der Waals surface area (Å²) in [6.45, 7) is 8.73. The third kappa shape index (κ3) is 3.50. The fourth-order valence-corrected chi connectivity index (χ4v) is 3.30. The van der Waals surface area contributed by atoms with Gasteiger partial charge in [-0.2, -0.15) is 0 Å². The minimum atomic E-state index is -0.169. The molecule has 2 nitrogen and oxygen atoms in total. The minimum Gasteiger partial charge on any atom is -0.491 e. The Balaban J connectivity index is 2.16. The summed E-state index contributed by atoms with van der Waals surface area (Å²) in [4.78, 5) is 0. The molecule has 106 valence electrons. The van der Waals surface area contributed by atoms with Crippen molar-refractivity contribution in [3.05, 3.63) is 29.8 Å². The van der Waals surface area contributed by atoms with E-state index in [-0.39, 0.29) is 11.6 Å². The highest BCUT2D eigenvalue weighted by atomic mass is 16.5. The highest BCUT2D eigenvalue weighted by molar-refractivity contribution is 5.32. The van der Waals surface area contributed by atoms with E-state index in [1.165, 1.54) is 18.4 Å². The minimum absolute atomic E-state index is 0.169. The van der Waals surface area contributed by atoms with Gasteiger partial charge in [0.05, 0.1) is 6.10 Å². The van der Waals surface area contributed by atoms with Gasteiger partial charge in [-0.1, -0.05) is 32.4 Å². The number of hydrogen-bond acceptors (Lipinski definition) is 2. The Labute approximate surface area is 117 Å². The Hall–Kier alpha value is -1.02. The van der Waals surface area contributed by atoms with Crippen LogP contribution in [0.25, 0.3) is 0 Å². The van der Waals surface area contributed by atoms with Gasteiger partial charge in [0.15, 0.2) is 0 Å². The molecule has 1 aromatic carbocycles. The lowest BCUT2D eigenvalue weighted by Gasteiger charge is -2.43. The van der Waals surface area contributed by atoms with Gasteiger partial charge in [0, 0.05) is 5.54 Å². The van der Waals surface area contributed by atoms with E-state index in [4.69, 9.17) is 10.5 Å². The summed E-state index contributed by atoms with van der Waals surface area (Å²) >= 11 is 0. The Morgan fingerprint density at radius 2 is 1.74 bits per heavy atom. The smallest absolute Gasteiger partial charge is 0.119 e. The fourth-order valence-electron chi connectivity index (χ4n) is 3.30. The van der Waals surface area contributed by atoms with Gasteiger partial charge in [0.2, 0.25) is 0 Å². The van der Waals surface area contributed by atoms with Crippen LogP contribution in [-0.4, -0.2) is 6.10 Å². The molecule has 1 fully saturated rings. The number of nitrogens with two attached hydrogens (primary N) is 1. The largest absolute Gasteiger partial charge is 0.491 e. The molecule has 1 aliphatic rings. The second-order valence-electron chi connectivity index (χ2n) is 7.04. The van der Waals surface area contributed by atoms with Crippen LogP contribution in [0.3, 0.4) is 0 Å². The molecule has 0 spiro atoms. The first-order valence-electron chi connectivity index (χ1n) is 7.37. The summed E-state index contributed by atoms with van der Waals surface area (Å²) < 4.78 is 5.69. The summed E-state index contributed by atoms with van der Waals surface area (Å²) in [7, 11) is 0. The maximum absolute atomic E-state index is 6.67. The standard InChI is InChI=1S/C17H27NO/c1-13(2)19-15-8-6-14(7-9-15)17(18)11-5-10-16(3,4)12-17/h6-9,13H,5,10-12,18H2,1-4H3. The van der Waals surface area contributed by atoms with Gasteiger partial charge >= 0.3 is 0 Å². The van der Waals surface area contributed by atoms with Gasteiger partial charge in [-0.3, -0.25) is 0 Å². The molecule has 1 aromatic rings. The van der Waals surface area contributed by atoms with Crippen molar-refractivity contribution in [1.29, 1.82) is 0 Å². The molecular formula is C17H27NO. The van der Waals surface area contributed by atoms with Crippen LogP contribution in [-0.2, 0) is 5.54 Å². The zero-order valence-electron chi connectivity index (χ0n) is 12.7. The van der Waals surface area contributed by atoms with E-state index < -0.39 is 0 Å². The summed E-state index contributed by atoms with van der Waals surface area (Å²) in [5.41, 5.74) is 8.09. The van der Waals surface area contributed by atoms with Crippen LogP contribution in [0.1, 0.15) is 58.9 Å². The highest BCUT2D eigenvalue weighted by Crippen LogP contribution is 2.44. The molecule has 0 aromatic heterocycles. The molecule has 1 unspecified atom stereocenters. The third-order valence-corrected chi connectivity index (χ3v) is 4.07. The van der Waals surface area contributed by atoms with Crippen molar-refractivity contribution in [3.63, 3.8) is 0 Å². The van der Waals surface area contributed by atoms with E-state index in [9.17, 15) is 0 Å². The molecular weight excluding hydrogens is 234 g/mol. The van der Waals surface area contributed by atoms with Crippen molar-refractivity contribution in [1.82, 2.24) is 0 Å². The van der Waals surface area contributed by atoms with Crippen LogP contribution in [0, 0.1) is 5.41 Å². The van der Waals surface area contributed by atoms with Crippen molar-refractivity contribution in [2.75, 3.05) is 0 Å². The molecule has 2 heteroatoms. The van der Waals surface area contributed by atoms with Crippen LogP contribution in [0.5, 0.6) is 5.75 Å². The second-order valence-corrected chi connectivity index (χ2v) is 7.04. The third-order valence-electron chi connectivity index (χ3n) is 4.07. The normalized spacial score (nSPS) is 26.4. The van der Waals surface area contributed by atoms with E-state index in [2.05, 4.69) is 26.0 Å². The summed E-state index contributed by atoms with van der Waals surface area (Å²) in [5.74, 6) is 0.928. The fraction of sp³-hybridized carbons (Fsp3) is 0.647. The Kier molecular flexibility index (Phi) is 3.91. The molecule has 19 heavy (non-hydrogen) atoms. The number of hydrogen-bond donors (Lipinski definition) is 1. The summed E-state index contributed by atoms with van der Waals surface area (Å²) in [5, 5.41) is 0. The Morgan fingerprint density at radius 3 is 2.26 bits per heavy atom. The molecule has 2 N–H and O–H groups in total. The average molecular weight is 261 g/mol. The molecule has 0 heterocycles. The van der Waals surface area contributed by atoms with E-state index >= 15 is 0 Å². The molecule has 1 saturated carbocycles. The van der Waals surface area contributed by atoms with E-state index in [1.54, 1.807) is 0 Å². The molecule has 0 saturated heterocycles. The van der Waals surface area contributed by atoms with Crippen LogP contribution >= 0.6 is 0 Å². The second kappa shape index (κ2) is 5.16. The van der Waals surface area contributed by atoms with E-state index in [0.717, 1.165) is 18.6 Å². The topological polar surface area (TPSA) is 35.2 Å². The predicted octanol–water partition coefficient (Wildman–Crippen LogP) is 4.23. The molecule has 2 rings (SSSR count). The average Bonchev–Trinajstić information content (AvgIpc) is 2.27. The van der Waals surface area contributed by atoms with Crippen LogP contribution in [0.2, 0.25) is 0 Å². The number of rotatable bonds is 3. The van der Waals surface area contributed by atoms with Crippen LogP contribution in [0.15, 0.2) is 24.3 Å². The van der Waals surface area contributed by atoms with Crippen molar-refractivity contribution in [2.45, 2.75) is 65.0 Å². The lowest BCUT2D eigenvalue weighted by Crippen LogP contribution is -2.44. The van der Waals surface area contributed by atoms with Crippen LogP contribution < -0.4 is 10.5 Å². The van der Waals surface area contributed by atoms with Crippen LogP contribution in [0.4, 0.5) is 0 Å². The predicted molar refractivity (Wildman–Crippen MR) is 80.3 cm³/mol. The maximum Gasteiger partial charge on any atom is 0.119 e. The van der Waals surface area contributed by atoms with Gasteiger partial charge in [-0.25, -0.2) is 0 Å². The molecule has 0 bridgehead atoms. The SMILES string of the molecule is CC(C)Oc1ccc(C2(N)CCCC(C)(C)C2)cc1. The van der Waals surface area contributed by atoms with Gasteiger partial charge in [-0.05, 0) is 56.2 Å². The first kappa shape index (κ1) is 14.4. The first-order valence-corrected chi connectivity index (χ1v) is 7.37. The van der Waals surface area contributed by atoms with Crippen molar-refractivity contribution >= 4 is 0 Å². The van der Waals surface area contributed by atoms with Gasteiger partial charge in [-0.15, -0.1) is 0 Å². The Morgan fingerprint density at radius 1 is 1.11 bits per heavy atom. The van der Waals surface area contributed by atoms with Gasteiger partial charge in [0.1, 0.15) is 5.75 Å². The van der Waals surface area contributed by atoms with Gasteiger partial charge in [0.25, 0.3) is 0 Å². The monoisotopic (exact) mass is 261 g/mol. The van der Waals surface area contributed by atoms with Crippen molar-refractivity contribution in [2.24, 2.45) is 11.1 Å². The molecule has 0 amide bonds. The zero-order chi connectivity index (χ0) is 14.1. The van der Waals surface area contributed by atoms with Crippen molar-refractivity contribution in [3.8, 4) is 5.75 Å². The van der Waals surface area contributed by atoms with E-state index in [1.807, 2.05) is 26.0 Å².